The van der Waals surface area contributed by atoms with Crippen LogP contribution in [0.1, 0.15) is 12.8 Å². The van der Waals surface area contributed by atoms with Gasteiger partial charge in [0.25, 0.3) is 11.7 Å². The number of anilines is 1. The van der Waals surface area contributed by atoms with Crippen LogP contribution in [0.3, 0.4) is 0 Å². The highest BCUT2D eigenvalue weighted by atomic mass is 16.6. The average molecular weight is 277 g/mol. The maximum atomic E-state index is 10.7. The van der Waals surface area contributed by atoms with Gasteiger partial charge < -0.3 is 14.5 Å². The van der Waals surface area contributed by atoms with E-state index in [-0.39, 0.29) is 5.69 Å². The Morgan fingerprint density at radius 2 is 2.35 bits per heavy atom. The molecule has 2 aromatic rings. The van der Waals surface area contributed by atoms with Gasteiger partial charge in [-0.15, -0.1) is 0 Å². The number of ether oxygens (including phenoxy) is 1. The van der Waals surface area contributed by atoms with Gasteiger partial charge in [-0.25, -0.2) is 0 Å². The summed E-state index contributed by atoms with van der Waals surface area (Å²) in [5, 5.41) is 13.7. The number of oxazole rings is 1. The van der Waals surface area contributed by atoms with Crippen molar-refractivity contribution < 1.29 is 14.1 Å². The van der Waals surface area contributed by atoms with Crippen LogP contribution in [-0.4, -0.2) is 29.7 Å². The molecule has 1 N–H and O–H groups in total. The monoisotopic (exact) mass is 277 g/mol. The summed E-state index contributed by atoms with van der Waals surface area (Å²) < 4.78 is 10.9. The van der Waals surface area contributed by atoms with Crippen LogP contribution >= 0.6 is 0 Å². The number of nitrogens with zero attached hydrogens (tertiary/aromatic N) is 2. The maximum Gasteiger partial charge on any atom is 0.295 e. The Bertz CT molecular complexity index is 621. The molecular weight excluding hydrogens is 262 g/mol. The van der Waals surface area contributed by atoms with E-state index in [1.165, 1.54) is 25.0 Å². The van der Waals surface area contributed by atoms with Crippen molar-refractivity contribution in [1.29, 1.82) is 0 Å². The van der Waals surface area contributed by atoms with Gasteiger partial charge in [0.2, 0.25) is 0 Å². The molecule has 0 radical (unpaired) electrons. The molecule has 1 fully saturated rings. The number of aromatic nitrogens is 1. The summed E-state index contributed by atoms with van der Waals surface area (Å²) in [5.74, 6) is 0.750. The minimum Gasteiger partial charge on any atom is -0.423 e. The molecule has 1 saturated carbocycles. The van der Waals surface area contributed by atoms with Crippen molar-refractivity contribution in [3.05, 3.63) is 28.3 Å². The first kappa shape index (κ1) is 12.9. The highest BCUT2D eigenvalue weighted by Crippen LogP contribution is 2.28. The minimum absolute atomic E-state index is 0.00651. The summed E-state index contributed by atoms with van der Waals surface area (Å²) in [6.45, 7) is 2.01. The van der Waals surface area contributed by atoms with E-state index in [0.29, 0.717) is 30.3 Å². The number of nitro groups is 1. The standard InChI is InChI=1S/C13H15N3O4/c17-16(18)10-3-4-11-12(7-10)20-13(15-11)14-5-6-19-8-9-1-2-9/h3-4,7,9H,1-2,5-6,8H2,(H,14,15). The van der Waals surface area contributed by atoms with Crippen molar-refractivity contribution in [1.82, 2.24) is 4.98 Å². The molecule has 0 amide bonds. The third kappa shape index (κ3) is 3.05. The lowest BCUT2D eigenvalue weighted by Gasteiger charge is -2.02. The first-order chi connectivity index (χ1) is 9.72. The summed E-state index contributed by atoms with van der Waals surface area (Å²) in [5.41, 5.74) is 0.991. The molecule has 1 aliphatic carbocycles. The molecule has 1 heterocycles. The molecule has 1 aromatic carbocycles. The number of nitrogens with one attached hydrogen (secondary N) is 1. The van der Waals surface area contributed by atoms with Crippen molar-refractivity contribution in [2.24, 2.45) is 5.92 Å². The summed E-state index contributed by atoms with van der Waals surface area (Å²) in [6.07, 6.45) is 2.55. The Morgan fingerprint density at radius 1 is 1.50 bits per heavy atom. The SMILES string of the molecule is O=[N+]([O-])c1ccc2nc(NCCOCC3CC3)oc2c1. The van der Waals surface area contributed by atoms with E-state index in [0.717, 1.165) is 12.5 Å². The fourth-order valence-electron chi connectivity index (χ4n) is 1.87. The summed E-state index contributed by atoms with van der Waals surface area (Å²) >= 11 is 0. The van der Waals surface area contributed by atoms with E-state index < -0.39 is 4.92 Å². The van der Waals surface area contributed by atoms with Crippen LogP contribution in [0.2, 0.25) is 0 Å². The smallest absolute Gasteiger partial charge is 0.295 e. The second kappa shape index (κ2) is 5.46. The predicted molar refractivity (Wildman–Crippen MR) is 72.7 cm³/mol. The molecule has 7 nitrogen and oxygen atoms in total. The lowest BCUT2D eigenvalue weighted by Crippen LogP contribution is -2.10. The van der Waals surface area contributed by atoms with Crippen molar-refractivity contribution >= 4 is 22.8 Å². The van der Waals surface area contributed by atoms with E-state index in [2.05, 4.69) is 10.3 Å². The summed E-state index contributed by atoms with van der Waals surface area (Å²) in [6, 6.07) is 4.71. The molecule has 3 rings (SSSR count). The molecule has 0 aliphatic heterocycles. The zero-order chi connectivity index (χ0) is 13.9. The van der Waals surface area contributed by atoms with Crippen LogP contribution in [0.5, 0.6) is 0 Å². The largest absolute Gasteiger partial charge is 0.423 e. The highest BCUT2D eigenvalue weighted by Gasteiger charge is 2.20. The molecule has 0 bridgehead atoms. The topological polar surface area (TPSA) is 90.4 Å². The highest BCUT2D eigenvalue weighted by molar-refractivity contribution is 5.77. The van der Waals surface area contributed by atoms with E-state index in [4.69, 9.17) is 9.15 Å². The fraction of sp³-hybridized carbons (Fsp3) is 0.462. The number of hydrogen-bond acceptors (Lipinski definition) is 6. The second-order valence-electron chi connectivity index (χ2n) is 4.87. The molecule has 0 spiro atoms. The Kier molecular flexibility index (Phi) is 3.51. The van der Waals surface area contributed by atoms with E-state index in [1.54, 1.807) is 6.07 Å². The number of fused-ring (bicyclic) bond motifs is 1. The number of nitro benzene ring substituents is 1. The number of non-ortho nitro benzene ring substituents is 1. The molecular formula is C13H15N3O4. The molecule has 0 atom stereocenters. The normalized spacial score (nSPS) is 14.6. The molecule has 0 unspecified atom stereocenters. The minimum atomic E-state index is -0.458. The van der Waals surface area contributed by atoms with Gasteiger partial charge in [0.15, 0.2) is 5.58 Å². The molecule has 106 valence electrons. The number of benzene rings is 1. The number of rotatable bonds is 7. The van der Waals surface area contributed by atoms with Crippen LogP contribution in [0.4, 0.5) is 11.7 Å². The predicted octanol–water partition coefficient (Wildman–Crippen LogP) is 2.57. The Labute approximate surface area is 115 Å². The van der Waals surface area contributed by atoms with Crippen LogP contribution in [0.15, 0.2) is 22.6 Å². The van der Waals surface area contributed by atoms with Gasteiger partial charge in [-0.3, -0.25) is 10.1 Å². The zero-order valence-corrected chi connectivity index (χ0v) is 10.9. The van der Waals surface area contributed by atoms with Crippen LogP contribution in [-0.2, 0) is 4.74 Å². The molecule has 0 saturated heterocycles. The van der Waals surface area contributed by atoms with Gasteiger partial charge in [-0.05, 0) is 24.8 Å². The molecule has 1 aliphatic rings. The molecule has 20 heavy (non-hydrogen) atoms. The quantitative estimate of drug-likeness (QED) is 0.475. The average Bonchev–Trinajstić information content (AvgIpc) is 3.16. The van der Waals surface area contributed by atoms with E-state index in [1.807, 2.05) is 0 Å². The van der Waals surface area contributed by atoms with Gasteiger partial charge in [0, 0.05) is 19.2 Å². The van der Waals surface area contributed by atoms with Gasteiger partial charge in [-0.2, -0.15) is 4.98 Å². The Balaban J connectivity index is 1.55. The van der Waals surface area contributed by atoms with Crippen LogP contribution < -0.4 is 5.32 Å². The second-order valence-corrected chi connectivity index (χ2v) is 4.87. The van der Waals surface area contributed by atoms with Crippen LogP contribution in [0.25, 0.3) is 11.1 Å². The third-order valence-corrected chi connectivity index (χ3v) is 3.16. The van der Waals surface area contributed by atoms with Gasteiger partial charge >= 0.3 is 0 Å². The summed E-state index contributed by atoms with van der Waals surface area (Å²) in [7, 11) is 0. The summed E-state index contributed by atoms with van der Waals surface area (Å²) in [4.78, 5) is 14.4. The Hall–Kier alpha value is -2.15. The zero-order valence-electron chi connectivity index (χ0n) is 10.9. The third-order valence-electron chi connectivity index (χ3n) is 3.16. The van der Waals surface area contributed by atoms with Crippen molar-refractivity contribution in [2.45, 2.75) is 12.8 Å². The van der Waals surface area contributed by atoms with E-state index >= 15 is 0 Å². The fourth-order valence-corrected chi connectivity index (χ4v) is 1.87. The van der Waals surface area contributed by atoms with Crippen molar-refractivity contribution in [3.63, 3.8) is 0 Å². The first-order valence-electron chi connectivity index (χ1n) is 6.59. The lowest BCUT2D eigenvalue weighted by atomic mass is 10.3. The van der Waals surface area contributed by atoms with Gasteiger partial charge in [0.1, 0.15) is 5.52 Å². The van der Waals surface area contributed by atoms with Crippen LogP contribution in [0, 0.1) is 16.0 Å². The maximum absolute atomic E-state index is 10.7. The van der Waals surface area contributed by atoms with Gasteiger partial charge in [0.05, 0.1) is 17.6 Å². The van der Waals surface area contributed by atoms with Crippen molar-refractivity contribution in [2.75, 3.05) is 25.1 Å². The first-order valence-corrected chi connectivity index (χ1v) is 6.59. The number of hydrogen-bond donors (Lipinski definition) is 1. The van der Waals surface area contributed by atoms with E-state index in [9.17, 15) is 10.1 Å². The van der Waals surface area contributed by atoms with Gasteiger partial charge in [-0.1, -0.05) is 0 Å². The lowest BCUT2D eigenvalue weighted by molar-refractivity contribution is -0.384. The molecule has 1 aromatic heterocycles. The molecule has 7 heteroatoms. The Morgan fingerprint density at radius 3 is 3.10 bits per heavy atom. The van der Waals surface area contributed by atoms with Crippen molar-refractivity contribution in [3.8, 4) is 0 Å².